The van der Waals surface area contributed by atoms with E-state index in [0.29, 0.717) is 5.69 Å². The summed E-state index contributed by atoms with van der Waals surface area (Å²) in [5.41, 5.74) is 9.36. The van der Waals surface area contributed by atoms with Gasteiger partial charge in [-0.15, -0.1) is 0 Å². The van der Waals surface area contributed by atoms with Crippen LogP contribution < -0.4 is 10.6 Å². The van der Waals surface area contributed by atoms with Crippen LogP contribution in [0.25, 0.3) is 0 Å². The molecule has 3 nitrogen and oxygen atoms in total. The summed E-state index contributed by atoms with van der Waals surface area (Å²) in [4.78, 5) is 13.9. The number of hydrogen-bond donors (Lipinski definition) is 1. The molecule has 1 amide bonds. The van der Waals surface area contributed by atoms with Crippen LogP contribution in [0.4, 0.5) is 15.8 Å². The lowest BCUT2D eigenvalue weighted by molar-refractivity contribution is -0.118. The number of nitrogens with two attached hydrogens (primary N) is 1. The molecule has 1 unspecified atom stereocenters. The molecule has 1 atom stereocenters. The van der Waals surface area contributed by atoms with Crippen LogP contribution in [-0.4, -0.2) is 5.91 Å². The number of rotatable bonds is 2. The Kier molecular flexibility index (Phi) is 3.03. The molecular formula is C16H15FN2O. The average molecular weight is 270 g/mol. The van der Waals surface area contributed by atoms with Gasteiger partial charge in [-0.05, 0) is 42.3 Å². The van der Waals surface area contributed by atoms with E-state index in [2.05, 4.69) is 6.92 Å². The molecule has 2 aromatic carbocycles. The van der Waals surface area contributed by atoms with E-state index in [9.17, 15) is 9.18 Å². The van der Waals surface area contributed by atoms with Crippen LogP contribution in [0.15, 0.2) is 42.5 Å². The number of anilines is 2. The second-order valence-electron chi connectivity index (χ2n) is 4.87. The van der Waals surface area contributed by atoms with Crippen molar-refractivity contribution < 1.29 is 9.18 Å². The van der Waals surface area contributed by atoms with Crippen molar-refractivity contribution in [2.75, 3.05) is 4.90 Å². The summed E-state index contributed by atoms with van der Waals surface area (Å²) >= 11 is 0. The number of hydrogen-bond acceptors (Lipinski definition) is 2. The summed E-state index contributed by atoms with van der Waals surface area (Å²) in [5, 5.41) is 0. The summed E-state index contributed by atoms with van der Waals surface area (Å²) in [6.07, 6.45) is 0.883. The first-order chi connectivity index (χ1) is 9.61. The van der Waals surface area contributed by atoms with E-state index in [1.807, 2.05) is 18.2 Å². The summed E-state index contributed by atoms with van der Waals surface area (Å²) < 4.78 is 13.0. The smallest absolute Gasteiger partial charge is 0.253 e. The van der Waals surface area contributed by atoms with E-state index in [1.54, 1.807) is 17.0 Å². The number of benzene rings is 2. The molecule has 0 spiro atoms. The molecule has 20 heavy (non-hydrogen) atoms. The maximum absolute atomic E-state index is 13.0. The largest absolute Gasteiger partial charge is 0.316 e. The SMILES string of the molecule is CCc1ccc2c(c1)N(c1ccc(F)cc1)C(=O)C2N. The highest BCUT2D eigenvalue weighted by atomic mass is 19.1. The molecule has 3 rings (SSSR count). The Bertz CT molecular complexity index is 667. The predicted octanol–water partition coefficient (Wildman–Crippen LogP) is 3.07. The van der Waals surface area contributed by atoms with Crippen molar-refractivity contribution in [3.05, 3.63) is 59.4 Å². The van der Waals surface area contributed by atoms with Gasteiger partial charge >= 0.3 is 0 Å². The fourth-order valence-corrected chi connectivity index (χ4v) is 2.51. The molecular weight excluding hydrogens is 255 g/mol. The second kappa shape index (κ2) is 4.72. The number of halogens is 1. The van der Waals surface area contributed by atoms with E-state index in [1.165, 1.54) is 12.1 Å². The molecule has 0 aliphatic carbocycles. The molecule has 0 bridgehead atoms. The van der Waals surface area contributed by atoms with Gasteiger partial charge in [0.1, 0.15) is 11.9 Å². The van der Waals surface area contributed by atoms with Crippen LogP contribution in [0.5, 0.6) is 0 Å². The molecule has 4 heteroatoms. The van der Waals surface area contributed by atoms with Crippen molar-refractivity contribution in [1.82, 2.24) is 0 Å². The van der Waals surface area contributed by atoms with Gasteiger partial charge in [-0.3, -0.25) is 9.69 Å². The van der Waals surface area contributed by atoms with E-state index in [-0.39, 0.29) is 11.7 Å². The topological polar surface area (TPSA) is 46.3 Å². The van der Waals surface area contributed by atoms with Gasteiger partial charge in [0.15, 0.2) is 0 Å². The van der Waals surface area contributed by atoms with Crippen LogP contribution >= 0.6 is 0 Å². The minimum Gasteiger partial charge on any atom is -0.316 e. The van der Waals surface area contributed by atoms with Gasteiger partial charge < -0.3 is 5.73 Å². The first-order valence-corrected chi connectivity index (χ1v) is 6.59. The van der Waals surface area contributed by atoms with Crippen LogP contribution in [-0.2, 0) is 11.2 Å². The van der Waals surface area contributed by atoms with Gasteiger partial charge in [0, 0.05) is 11.3 Å². The molecule has 0 saturated heterocycles. The Hall–Kier alpha value is -2.20. The summed E-state index contributed by atoms with van der Waals surface area (Å²) in [5.74, 6) is -0.507. The zero-order valence-corrected chi connectivity index (χ0v) is 11.1. The third kappa shape index (κ3) is 1.89. The highest BCUT2D eigenvalue weighted by molar-refractivity contribution is 6.09. The first-order valence-electron chi connectivity index (χ1n) is 6.59. The number of carbonyl (C=O) groups is 1. The third-order valence-corrected chi connectivity index (χ3v) is 3.65. The number of amides is 1. The van der Waals surface area contributed by atoms with Crippen LogP contribution in [0, 0.1) is 5.82 Å². The fraction of sp³-hybridized carbons (Fsp3) is 0.188. The zero-order chi connectivity index (χ0) is 14.3. The predicted molar refractivity (Wildman–Crippen MR) is 76.3 cm³/mol. The molecule has 0 saturated carbocycles. The van der Waals surface area contributed by atoms with Gasteiger partial charge in [0.05, 0.1) is 5.69 Å². The van der Waals surface area contributed by atoms with Crippen molar-refractivity contribution in [2.45, 2.75) is 19.4 Å². The van der Waals surface area contributed by atoms with Crippen molar-refractivity contribution in [2.24, 2.45) is 5.73 Å². The van der Waals surface area contributed by atoms with Gasteiger partial charge in [0.25, 0.3) is 5.91 Å². The van der Waals surface area contributed by atoms with Gasteiger partial charge in [-0.25, -0.2) is 4.39 Å². The maximum Gasteiger partial charge on any atom is 0.253 e. The number of fused-ring (bicyclic) bond motifs is 1. The minimum atomic E-state index is -0.652. The molecule has 1 aliphatic heterocycles. The lowest BCUT2D eigenvalue weighted by Crippen LogP contribution is -2.27. The molecule has 102 valence electrons. The van der Waals surface area contributed by atoms with E-state index in [4.69, 9.17) is 5.73 Å². The Morgan fingerprint density at radius 3 is 2.55 bits per heavy atom. The molecule has 0 radical (unpaired) electrons. The van der Waals surface area contributed by atoms with Crippen molar-refractivity contribution in [3.63, 3.8) is 0 Å². The molecule has 1 heterocycles. The van der Waals surface area contributed by atoms with E-state index < -0.39 is 6.04 Å². The fourth-order valence-electron chi connectivity index (χ4n) is 2.51. The molecule has 0 aromatic heterocycles. The van der Waals surface area contributed by atoms with Crippen molar-refractivity contribution >= 4 is 17.3 Å². The van der Waals surface area contributed by atoms with Crippen LogP contribution in [0.3, 0.4) is 0 Å². The first kappa shape index (κ1) is 12.8. The summed E-state index contributed by atoms with van der Waals surface area (Å²) in [6.45, 7) is 2.06. The highest BCUT2D eigenvalue weighted by Gasteiger charge is 2.35. The van der Waals surface area contributed by atoms with Gasteiger partial charge in [0.2, 0.25) is 0 Å². The minimum absolute atomic E-state index is 0.181. The zero-order valence-electron chi connectivity index (χ0n) is 11.1. The Labute approximate surface area is 116 Å². The van der Waals surface area contributed by atoms with Gasteiger partial charge in [-0.1, -0.05) is 19.1 Å². The number of nitrogens with zero attached hydrogens (tertiary/aromatic N) is 1. The van der Waals surface area contributed by atoms with Gasteiger partial charge in [-0.2, -0.15) is 0 Å². The Morgan fingerprint density at radius 1 is 1.20 bits per heavy atom. The Balaban J connectivity index is 2.13. The average Bonchev–Trinajstić information content (AvgIpc) is 2.72. The quantitative estimate of drug-likeness (QED) is 0.911. The van der Waals surface area contributed by atoms with E-state index in [0.717, 1.165) is 23.2 Å². The number of carbonyl (C=O) groups excluding carboxylic acids is 1. The lowest BCUT2D eigenvalue weighted by atomic mass is 10.1. The summed E-state index contributed by atoms with van der Waals surface area (Å²) in [6, 6.07) is 11.1. The molecule has 1 aliphatic rings. The Morgan fingerprint density at radius 2 is 1.90 bits per heavy atom. The van der Waals surface area contributed by atoms with Crippen molar-refractivity contribution in [3.8, 4) is 0 Å². The van der Waals surface area contributed by atoms with Crippen molar-refractivity contribution in [1.29, 1.82) is 0 Å². The highest BCUT2D eigenvalue weighted by Crippen LogP contribution is 2.40. The standard InChI is InChI=1S/C16H15FN2O/c1-2-10-3-8-13-14(9-10)19(16(20)15(13)18)12-6-4-11(17)5-7-12/h3-9,15H,2,18H2,1H3. The number of aryl methyl sites for hydroxylation is 1. The second-order valence-corrected chi connectivity index (χ2v) is 4.87. The molecule has 2 aromatic rings. The molecule has 0 fully saturated rings. The lowest BCUT2D eigenvalue weighted by Gasteiger charge is -2.18. The van der Waals surface area contributed by atoms with E-state index >= 15 is 0 Å². The third-order valence-electron chi connectivity index (χ3n) is 3.65. The molecule has 2 N–H and O–H groups in total. The monoisotopic (exact) mass is 270 g/mol. The van der Waals surface area contributed by atoms with Crippen LogP contribution in [0.2, 0.25) is 0 Å². The van der Waals surface area contributed by atoms with Crippen LogP contribution in [0.1, 0.15) is 24.1 Å². The normalized spacial score (nSPS) is 17.4. The summed E-state index contributed by atoms with van der Waals surface area (Å²) in [7, 11) is 0. The maximum atomic E-state index is 13.0.